The van der Waals surface area contributed by atoms with Gasteiger partial charge in [-0.15, -0.1) is 0 Å². The number of hydrogen-bond acceptors (Lipinski definition) is 3. The lowest BCUT2D eigenvalue weighted by molar-refractivity contribution is -0.110. The van der Waals surface area contributed by atoms with Crippen molar-refractivity contribution in [1.82, 2.24) is 4.98 Å². The third-order valence-corrected chi connectivity index (χ3v) is 4.30. The van der Waals surface area contributed by atoms with Gasteiger partial charge in [0.15, 0.2) is 0 Å². The van der Waals surface area contributed by atoms with Crippen LogP contribution in [0.25, 0.3) is 22.6 Å². The molecule has 2 heterocycles. The fourth-order valence-electron chi connectivity index (χ4n) is 3.09. The van der Waals surface area contributed by atoms with E-state index in [0.717, 1.165) is 39.0 Å². The van der Waals surface area contributed by atoms with Crippen LogP contribution in [0, 0.1) is 6.92 Å². The molecule has 118 valence electrons. The fraction of sp³-hybridized carbons (Fsp3) is 0.100. The zero-order valence-corrected chi connectivity index (χ0v) is 13.5. The summed E-state index contributed by atoms with van der Waals surface area (Å²) in [5.74, 6) is 0.675. The number of anilines is 1. The van der Waals surface area contributed by atoms with Crippen LogP contribution in [0.2, 0.25) is 0 Å². The van der Waals surface area contributed by atoms with Gasteiger partial charge in [-0.2, -0.15) is 0 Å². The molecule has 2 aromatic carbocycles. The number of nitrogens with zero attached hydrogens (tertiary/aromatic N) is 1. The fourth-order valence-corrected chi connectivity index (χ4v) is 3.09. The van der Waals surface area contributed by atoms with E-state index >= 15 is 0 Å². The van der Waals surface area contributed by atoms with E-state index in [1.807, 2.05) is 55.5 Å². The zero-order valence-electron chi connectivity index (χ0n) is 13.5. The van der Waals surface area contributed by atoms with Crippen molar-refractivity contribution < 1.29 is 9.53 Å². The second kappa shape index (κ2) is 5.49. The number of aromatic nitrogens is 1. The van der Waals surface area contributed by atoms with Gasteiger partial charge < -0.3 is 10.1 Å². The maximum absolute atomic E-state index is 12.4. The number of nitrogens with one attached hydrogen (secondary N) is 1. The lowest BCUT2D eigenvalue weighted by Crippen LogP contribution is -2.03. The van der Waals surface area contributed by atoms with Crippen molar-refractivity contribution in [3.63, 3.8) is 0 Å². The largest absolute Gasteiger partial charge is 0.496 e. The molecule has 0 bridgehead atoms. The molecule has 1 aromatic heterocycles. The van der Waals surface area contributed by atoms with E-state index in [1.54, 1.807) is 13.3 Å². The Hall–Kier alpha value is -3.14. The SMILES string of the molecule is COc1cc2c(cc1C)NC(=O)/C2=C/c1ccnc2ccccc12. The van der Waals surface area contributed by atoms with Crippen molar-refractivity contribution in [2.24, 2.45) is 0 Å². The molecule has 3 aromatic rings. The van der Waals surface area contributed by atoms with E-state index in [2.05, 4.69) is 10.3 Å². The van der Waals surface area contributed by atoms with Crippen molar-refractivity contribution in [2.45, 2.75) is 6.92 Å². The molecule has 4 nitrogen and oxygen atoms in total. The molecular weight excluding hydrogens is 300 g/mol. The van der Waals surface area contributed by atoms with Crippen LogP contribution >= 0.6 is 0 Å². The molecule has 0 unspecified atom stereocenters. The highest BCUT2D eigenvalue weighted by Crippen LogP contribution is 2.38. The molecule has 0 saturated heterocycles. The Bertz CT molecular complexity index is 1000. The molecule has 0 aliphatic carbocycles. The molecular formula is C20H16N2O2. The van der Waals surface area contributed by atoms with Gasteiger partial charge >= 0.3 is 0 Å². The minimum absolute atomic E-state index is 0.0986. The van der Waals surface area contributed by atoms with E-state index in [4.69, 9.17) is 4.74 Å². The first-order valence-corrected chi connectivity index (χ1v) is 7.73. The first-order chi connectivity index (χ1) is 11.7. The van der Waals surface area contributed by atoms with E-state index < -0.39 is 0 Å². The summed E-state index contributed by atoms with van der Waals surface area (Å²) in [7, 11) is 1.64. The second-order valence-corrected chi connectivity index (χ2v) is 5.80. The Morgan fingerprint density at radius 2 is 2.00 bits per heavy atom. The molecule has 0 radical (unpaired) electrons. The summed E-state index contributed by atoms with van der Waals surface area (Å²) in [6, 6.07) is 13.7. The number of methoxy groups -OCH3 is 1. The predicted molar refractivity (Wildman–Crippen MR) is 96.0 cm³/mol. The van der Waals surface area contributed by atoms with Crippen LogP contribution in [0.15, 0.2) is 48.7 Å². The molecule has 1 amide bonds. The molecule has 0 saturated carbocycles. The average Bonchev–Trinajstić information content (AvgIpc) is 2.89. The van der Waals surface area contributed by atoms with Crippen LogP contribution in [0.3, 0.4) is 0 Å². The van der Waals surface area contributed by atoms with Crippen LogP contribution in [-0.2, 0) is 4.79 Å². The number of benzene rings is 2. The number of carbonyl (C=O) groups is 1. The number of para-hydroxylation sites is 1. The van der Waals surface area contributed by atoms with Crippen molar-refractivity contribution in [2.75, 3.05) is 12.4 Å². The highest BCUT2D eigenvalue weighted by Gasteiger charge is 2.25. The first-order valence-electron chi connectivity index (χ1n) is 7.73. The molecule has 0 fully saturated rings. The minimum Gasteiger partial charge on any atom is -0.496 e. The van der Waals surface area contributed by atoms with Gasteiger partial charge in [-0.3, -0.25) is 9.78 Å². The van der Waals surface area contributed by atoms with E-state index in [9.17, 15) is 4.79 Å². The third-order valence-electron chi connectivity index (χ3n) is 4.30. The maximum atomic E-state index is 12.4. The van der Waals surface area contributed by atoms with Gasteiger partial charge in [0.05, 0.1) is 12.6 Å². The number of fused-ring (bicyclic) bond motifs is 2. The van der Waals surface area contributed by atoms with Crippen LogP contribution in [0.4, 0.5) is 5.69 Å². The Kier molecular flexibility index (Phi) is 3.31. The average molecular weight is 316 g/mol. The standard InChI is InChI=1S/C20H16N2O2/c1-12-9-18-15(11-19(12)24-2)16(20(23)22-18)10-13-7-8-21-17-6-4-3-5-14(13)17/h3-11H,1-2H3,(H,22,23)/b16-10+. The number of hydrogen-bond donors (Lipinski definition) is 1. The van der Waals surface area contributed by atoms with Gasteiger partial charge in [0.25, 0.3) is 5.91 Å². The molecule has 4 rings (SSSR count). The number of ether oxygens (including phenoxy) is 1. The van der Waals surface area contributed by atoms with E-state index in [0.29, 0.717) is 5.57 Å². The van der Waals surface area contributed by atoms with Gasteiger partial charge in [-0.1, -0.05) is 18.2 Å². The Morgan fingerprint density at radius 1 is 1.17 bits per heavy atom. The van der Waals surface area contributed by atoms with Gasteiger partial charge in [-0.25, -0.2) is 0 Å². The smallest absolute Gasteiger partial charge is 0.256 e. The quantitative estimate of drug-likeness (QED) is 0.726. The number of carbonyl (C=O) groups excluding carboxylic acids is 1. The minimum atomic E-state index is -0.0986. The molecule has 24 heavy (non-hydrogen) atoms. The third kappa shape index (κ3) is 2.24. The molecule has 1 N–H and O–H groups in total. The summed E-state index contributed by atoms with van der Waals surface area (Å²) in [4.78, 5) is 16.8. The zero-order chi connectivity index (χ0) is 16.7. The highest BCUT2D eigenvalue weighted by molar-refractivity contribution is 6.35. The van der Waals surface area contributed by atoms with Gasteiger partial charge in [0.2, 0.25) is 0 Å². The van der Waals surface area contributed by atoms with Crippen molar-refractivity contribution in [3.8, 4) is 5.75 Å². The van der Waals surface area contributed by atoms with Crippen LogP contribution in [0.5, 0.6) is 5.75 Å². The molecule has 0 spiro atoms. The summed E-state index contributed by atoms with van der Waals surface area (Å²) < 4.78 is 5.40. The number of aryl methyl sites for hydroxylation is 1. The second-order valence-electron chi connectivity index (χ2n) is 5.80. The van der Waals surface area contributed by atoms with Gasteiger partial charge in [-0.05, 0) is 48.4 Å². The predicted octanol–water partition coefficient (Wildman–Crippen LogP) is 4.04. The van der Waals surface area contributed by atoms with Crippen molar-refractivity contribution in [3.05, 3.63) is 65.4 Å². The van der Waals surface area contributed by atoms with Crippen LogP contribution in [-0.4, -0.2) is 18.0 Å². The molecule has 0 atom stereocenters. The lowest BCUT2D eigenvalue weighted by atomic mass is 10.0. The summed E-state index contributed by atoms with van der Waals surface area (Å²) in [5.41, 5.74) is 5.20. The normalized spacial score (nSPS) is 14.8. The molecule has 1 aliphatic heterocycles. The number of pyridine rings is 1. The topological polar surface area (TPSA) is 51.2 Å². The van der Waals surface area contributed by atoms with Gasteiger partial charge in [0.1, 0.15) is 5.75 Å². The van der Waals surface area contributed by atoms with Gasteiger partial charge in [0, 0.05) is 28.4 Å². The number of rotatable bonds is 2. The van der Waals surface area contributed by atoms with Crippen molar-refractivity contribution >= 4 is 34.1 Å². The Morgan fingerprint density at radius 3 is 2.83 bits per heavy atom. The van der Waals surface area contributed by atoms with Crippen LogP contribution < -0.4 is 10.1 Å². The Balaban J connectivity index is 1.91. The first kappa shape index (κ1) is 14.5. The monoisotopic (exact) mass is 316 g/mol. The maximum Gasteiger partial charge on any atom is 0.256 e. The highest BCUT2D eigenvalue weighted by atomic mass is 16.5. The lowest BCUT2D eigenvalue weighted by Gasteiger charge is -2.07. The van der Waals surface area contributed by atoms with E-state index in [-0.39, 0.29) is 5.91 Å². The summed E-state index contributed by atoms with van der Waals surface area (Å²) in [5, 5.41) is 3.95. The summed E-state index contributed by atoms with van der Waals surface area (Å²) in [6.07, 6.45) is 3.68. The summed E-state index contributed by atoms with van der Waals surface area (Å²) >= 11 is 0. The van der Waals surface area contributed by atoms with E-state index in [1.165, 1.54) is 0 Å². The summed E-state index contributed by atoms with van der Waals surface area (Å²) in [6.45, 7) is 1.96. The number of amides is 1. The Labute approximate surface area is 139 Å². The van der Waals surface area contributed by atoms with Crippen LogP contribution in [0.1, 0.15) is 16.7 Å². The van der Waals surface area contributed by atoms with Crippen molar-refractivity contribution in [1.29, 1.82) is 0 Å². The molecule has 4 heteroatoms. The molecule has 1 aliphatic rings.